The highest BCUT2D eigenvalue weighted by Gasteiger charge is 2.09. The molecule has 2 nitrogen and oxygen atoms in total. The summed E-state index contributed by atoms with van der Waals surface area (Å²) < 4.78 is 12.8. The summed E-state index contributed by atoms with van der Waals surface area (Å²) in [4.78, 5) is 2.16. The summed E-state index contributed by atoms with van der Waals surface area (Å²) in [5.74, 6) is 0.478. The number of nitrogens with one attached hydrogen (secondary N) is 1. The fraction of sp³-hybridized carbons (Fsp3) is 0.571. The highest BCUT2D eigenvalue weighted by molar-refractivity contribution is 5.46. The van der Waals surface area contributed by atoms with Gasteiger partial charge in [-0.3, -0.25) is 0 Å². The minimum absolute atomic E-state index is 0.187. The van der Waals surface area contributed by atoms with Gasteiger partial charge < -0.3 is 10.2 Å². The van der Waals surface area contributed by atoms with Crippen molar-refractivity contribution in [1.82, 2.24) is 5.32 Å². The molecule has 0 aromatic heterocycles. The van der Waals surface area contributed by atoms with Crippen LogP contribution in [-0.2, 0) is 0 Å². The van der Waals surface area contributed by atoms with Gasteiger partial charge in [-0.1, -0.05) is 13.8 Å². The number of halogens is 1. The Balaban J connectivity index is 2.45. The average Bonchev–Trinajstić information content (AvgIpc) is 2.28. The van der Waals surface area contributed by atoms with Crippen molar-refractivity contribution in [2.75, 3.05) is 25.0 Å². The normalized spacial score (nSPS) is 12.8. The van der Waals surface area contributed by atoms with Gasteiger partial charge >= 0.3 is 0 Å². The molecule has 0 heterocycles. The van der Waals surface area contributed by atoms with Crippen LogP contribution >= 0.6 is 0 Å². The predicted molar refractivity (Wildman–Crippen MR) is 72.0 cm³/mol. The van der Waals surface area contributed by atoms with Crippen molar-refractivity contribution < 1.29 is 4.39 Å². The fourth-order valence-corrected chi connectivity index (χ4v) is 1.65. The molecular formula is C14H23FN2. The van der Waals surface area contributed by atoms with Crippen molar-refractivity contribution in [1.29, 1.82) is 0 Å². The maximum atomic E-state index is 12.8. The smallest absolute Gasteiger partial charge is 0.123 e. The molecule has 0 spiro atoms. The van der Waals surface area contributed by atoms with Gasteiger partial charge in [-0.2, -0.15) is 0 Å². The zero-order valence-corrected chi connectivity index (χ0v) is 11.2. The molecule has 0 amide bonds. The lowest BCUT2D eigenvalue weighted by molar-refractivity contribution is 0.518. The van der Waals surface area contributed by atoms with Crippen molar-refractivity contribution in [3.05, 3.63) is 30.1 Å². The van der Waals surface area contributed by atoms with E-state index in [9.17, 15) is 4.39 Å². The van der Waals surface area contributed by atoms with Gasteiger partial charge in [-0.15, -0.1) is 0 Å². The summed E-state index contributed by atoms with van der Waals surface area (Å²) in [5.41, 5.74) is 1.05. The van der Waals surface area contributed by atoms with E-state index >= 15 is 0 Å². The zero-order chi connectivity index (χ0) is 12.8. The monoisotopic (exact) mass is 238 g/mol. The molecule has 3 heteroatoms. The molecule has 0 aliphatic carbocycles. The molecule has 0 saturated heterocycles. The van der Waals surface area contributed by atoms with E-state index in [0.717, 1.165) is 18.8 Å². The van der Waals surface area contributed by atoms with Crippen molar-refractivity contribution >= 4 is 5.69 Å². The standard InChI is InChI=1S/C14H23FN2/c1-11(2)9-16-10-12(3)17(4)14-7-5-13(15)6-8-14/h5-8,11-12,16H,9-10H2,1-4H3. The zero-order valence-electron chi connectivity index (χ0n) is 11.2. The van der Waals surface area contributed by atoms with Gasteiger partial charge in [0.1, 0.15) is 5.82 Å². The van der Waals surface area contributed by atoms with E-state index in [-0.39, 0.29) is 5.82 Å². The first kappa shape index (κ1) is 14.0. The number of hydrogen-bond acceptors (Lipinski definition) is 2. The molecule has 0 bridgehead atoms. The Hall–Kier alpha value is -1.09. The highest BCUT2D eigenvalue weighted by Crippen LogP contribution is 2.15. The van der Waals surface area contributed by atoms with Crippen molar-refractivity contribution in [2.45, 2.75) is 26.8 Å². The predicted octanol–water partition coefficient (Wildman–Crippen LogP) is 2.90. The van der Waals surface area contributed by atoms with E-state index in [2.05, 4.69) is 31.0 Å². The Morgan fingerprint density at radius 1 is 1.12 bits per heavy atom. The molecule has 0 radical (unpaired) electrons. The molecule has 0 aliphatic rings. The van der Waals surface area contributed by atoms with Gasteiger partial charge in [0.2, 0.25) is 0 Å². The molecule has 96 valence electrons. The first-order valence-corrected chi connectivity index (χ1v) is 6.20. The molecule has 0 aliphatic heterocycles. The van der Waals surface area contributed by atoms with Gasteiger partial charge in [0.15, 0.2) is 0 Å². The van der Waals surface area contributed by atoms with E-state index in [0.29, 0.717) is 12.0 Å². The van der Waals surface area contributed by atoms with Crippen molar-refractivity contribution in [3.8, 4) is 0 Å². The number of likely N-dealkylation sites (N-methyl/N-ethyl adjacent to an activating group) is 1. The summed E-state index contributed by atoms with van der Waals surface area (Å²) >= 11 is 0. The van der Waals surface area contributed by atoms with Crippen LogP contribution in [0.15, 0.2) is 24.3 Å². The van der Waals surface area contributed by atoms with Crippen molar-refractivity contribution in [3.63, 3.8) is 0 Å². The first-order valence-electron chi connectivity index (χ1n) is 6.20. The van der Waals surface area contributed by atoms with Crippen LogP contribution in [0.5, 0.6) is 0 Å². The third-order valence-corrected chi connectivity index (χ3v) is 2.89. The van der Waals surface area contributed by atoms with Crippen LogP contribution in [0.1, 0.15) is 20.8 Å². The molecule has 1 N–H and O–H groups in total. The van der Waals surface area contributed by atoms with Gasteiger partial charge in [0.25, 0.3) is 0 Å². The number of nitrogens with zero attached hydrogens (tertiary/aromatic N) is 1. The molecular weight excluding hydrogens is 215 g/mol. The third kappa shape index (κ3) is 4.73. The minimum atomic E-state index is -0.187. The lowest BCUT2D eigenvalue weighted by Gasteiger charge is -2.27. The number of rotatable bonds is 6. The Morgan fingerprint density at radius 3 is 2.24 bits per heavy atom. The molecule has 1 aromatic carbocycles. The van der Waals surface area contributed by atoms with Crippen LogP contribution in [0.2, 0.25) is 0 Å². The molecule has 1 unspecified atom stereocenters. The van der Waals surface area contributed by atoms with Gasteiger partial charge in [-0.25, -0.2) is 4.39 Å². The van der Waals surface area contributed by atoms with E-state index in [4.69, 9.17) is 0 Å². The second-order valence-electron chi connectivity index (χ2n) is 4.99. The Kier molecular flexibility index (Phi) is 5.42. The fourth-order valence-electron chi connectivity index (χ4n) is 1.65. The maximum Gasteiger partial charge on any atom is 0.123 e. The second-order valence-corrected chi connectivity index (χ2v) is 4.99. The lowest BCUT2D eigenvalue weighted by atomic mass is 10.2. The van der Waals surface area contributed by atoms with E-state index < -0.39 is 0 Å². The third-order valence-electron chi connectivity index (χ3n) is 2.89. The summed E-state index contributed by atoms with van der Waals surface area (Å²) in [7, 11) is 2.04. The van der Waals surface area contributed by atoms with Gasteiger partial charge in [0.05, 0.1) is 0 Å². The Morgan fingerprint density at radius 2 is 1.71 bits per heavy atom. The van der Waals surface area contributed by atoms with E-state index in [1.165, 1.54) is 12.1 Å². The number of hydrogen-bond donors (Lipinski definition) is 1. The first-order chi connectivity index (χ1) is 8.00. The number of benzene rings is 1. The van der Waals surface area contributed by atoms with Crippen LogP contribution in [0.4, 0.5) is 10.1 Å². The summed E-state index contributed by atoms with van der Waals surface area (Å²) in [6, 6.07) is 7.02. The average molecular weight is 238 g/mol. The Bertz CT molecular complexity index is 321. The minimum Gasteiger partial charge on any atom is -0.371 e. The summed E-state index contributed by atoms with van der Waals surface area (Å²) in [5, 5.41) is 3.43. The van der Waals surface area contributed by atoms with Gasteiger partial charge in [-0.05, 0) is 43.7 Å². The van der Waals surface area contributed by atoms with E-state index in [1.807, 2.05) is 19.2 Å². The van der Waals surface area contributed by atoms with Gasteiger partial charge in [0, 0.05) is 25.3 Å². The topological polar surface area (TPSA) is 15.3 Å². The molecule has 1 aromatic rings. The summed E-state index contributed by atoms with van der Waals surface area (Å²) in [6.07, 6.45) is 0. The van der Waals surface area contributed by atoms with Crippen LogP contribution in [0.25, 0.3) is 0 Å². The maximum absolute atomic E-state index is 12.8. The quantitative estimate of drug-likeness (QED) is 0.820. The van der Waals surface area contributed by atoms with Crippen LogP contribution in [0, 0.1) is 11.7 Å². The second kappa shape index (κ2) is 6.60. The van der Waals surface area contributed by atoms with E-state index in [1.54, 1.807) is 0 Å². The molecule has 17 heavy (non-hydrogen) atoms. The summed E-state index contributed by atoms with van der Waals surface area (Å²) in [6.45, 7) is 8.52. The molecule has 0 saturated carbocycles. The molecule has 0 fully saturated rings. The van der Waals surface area contributed by atoms with Crippen LogP contribution < -0.4 is 10.2 Å². The van der Waals surface area contributed by atoms with Crippen LogP contribution in [-0.4, -0.2) is 26.2 Å². The highest BCUT2D eigenvalue weighted by atomic mass is 19.1. The lowest BCUT2D eigenvalue weighted by Crippen LogP contribution is -2.39. The molecule has 1 rings (SSSR count). The largest absolute Gasteiger partial charge is 0.371 e. The van der Waals surface area contributed by atoms with Crippen LogP contribution in [0.3, 0.4) is 0 Å². The number of anilines is 1. The SMILES string of the molecule is CC(C)CNCC(C)N(C)c1ccc(F)cc1. The Labute approximate surface area is 104 Å². The molecule has 1 atom stereocenters. The van der Waals surface area contributed by atoms with Crippen molar-refractivity contribution in [2.24, 2.45) is 5.92 Å².